The number of hydrogen-bond acceptors (Lipinski definition) is 2. The Balaban J connectivity index is 2.26. The smallest absolute Gasteiger partial charge is 0.181 e. The largest absolute Gasteiger partial charge is 0.352 e. The fourth-order valence-corrected chi connectivity index (χ4v) is 2.52. The monoisotopic (exact) mass is 270 g/mol. The lowest BCUT2D eigenvalue weighted by Gasteiger charge is -2.21. The molecule has 0 spiro atoms. The first kappa shape index (κ1) is 14.5. The van der Waals surface area contributed by atoms with Crippen LogP contribution in [0.2, 0.25) is 0 Å². The summed E-state index contributed by atoms with van der Waals surface area (Å²) in [6.07, 6.45) is 3.69. The van der Waals surface area contributed by atoms with E-state index in [0.717, 1.165) is 13.1 Å². The summed E-state index contributed by atoms with van der Waals surface area (Å²) < 4.78 is 2.05. The number of nitrogens with zero attached hydrogens (tertiary/aromatic N) is 1. The summed E-state index contributed by atoms with van der Waals surface area (Å²) in [6, 6.07) is 10.1. The normalized spacial score (nSPS) is 12.3. The summed E-state index contributed by atoms with van der Waals surface area (Å²) in [5, 5.41) is 3.52. The molecule has 1 aromatic carbocycles. The van der Waals surface area contributed by atoms with E-state index < -0.39 is 0 Å². The molecule has 0 aliphatic heterocycles. The second-order valence-corrected chi connectivity index (χ2v) is 5.26. The third-order valence-electron chi connectivity index (χ3n) is 3.35. The Morgan fingerprint density at radius 1 is 1.10 bits per heavy atom. The van der Waals surface area contributed by atoms with Crippen molar-refractivity contribution in [3.63, 3.8) is 0 Å². The number of likely N-dealkylation sites (N-methyl/N-ethyl adjacent to an activating group) is 1. The van der Waals surface area contributed by atoms with Gasteiger partial charge in [0.05, 0.1) is 6.04 Å². The highest BCUT2D eigenvalue weighted by Crippen LogP contribution is 2.18. The van der Waals surface area contributed by atoms with Gasteiger partial charge in [0, 0.05) is 31.1 Å². The van der Waals surface area contributed by atoms with Crippen molar-refractivity contribution in [1.82, 2.24) is 9.88 Å². The third kappa shape index (κ3) is 3.81. The molecule has 0 aliphatic carbocycles. The number of pyridine rings is 1. The van der Waals surface area contributed by atoms with Gasteiger partial charge in [-0.05, 0) is 26.0 Å². The molecule has 0 fully saturated rings. The molecule has 106 valence electrons. The maximum Gasteiger partial charge on any atom is 0.181 e. The minimum atomic E-state index is 0.0488. The quantitative estimate of drug-likeness (QED) is 0.906. The molecule has 0 radical (unpaired) electrons. The lowest BCUT2D eigenvalue weighted by atomic mass is 10.0. The Labute approximate surface area is 120 Å². The molecule has 0 aliphatic rings. The van der Waals surface area contributed by atoms with Crippen LogP contribution < -0.4 is 10.7 Å². The summed E-state index contributed by atoms with van der Waals surface area (Å²) in [7, 11) is 0. The standard InChI is InChI=1S/C17H22N2O/c1-4-18-17(12-19-7-5-16(20)6-8-19)15-10-13(2)9-14(3)11-15/h5-11,17-18H,4,12H2,1-3H3. The summed E-state index contributed by atoms with van der Waals surface area (Å²) >= 11 is 0. The molecule has 0 bridgehead atoms. The molecular formula is C17H22N2O. The average Bonchev–Trinajstić information content (AvgIpc) is 2.39. The Morgan fingerprint density at radius 2 is 1.70 bits per heavy atom. The van der Waals surface area contributed by atoms with Crippen LogP contribution in [0.5, 0.6) is 0 Å². The number of rotatable bonds is 5. The van der Waals surface area contributed by atoms with Gasteiger partial charge >= 0.3 is 0 Å². The van der Waals surface area contributed by atoms with E-state index in [4.69, 9.17) is 0 Å². The van der Waals surface area contributed by atoms with Crippen LogP contribution in [-0.4, -0.2) is 11.1 Å². The minimum absolute atomic E-state index is 0.0488. The van der Waals surface area contributed by atoms with Gasteiger partial charge < -0.3 is 9.88 Å². The van der Waals surface area contributed by atoms with E-state index in [2.05, 4.69) is 44.3 Å². The van der Waals surface area contributed by atoms with E-state index in [9.17, 15) is 4.79 Å². The van der Waals surface area contributed by atoms with E-state index in [1.165, 1.54) is 16.7 Å². The molecule has 1 aromatic heterocycles. The Morgan fingerprint density at radius 3 is 2.25 bits per heavy atom. The van der Waals surface area contributed by atoms with Gasteiger partial charge in [-0.3, -0.25) is 4.79 Å². The van der Waals surface area contributed by atoms with Crippen LogP contribution >= 0.6 is 0 Å². The van der Waals surface area contributed by atoms with Crippen molar-refractivity contribution in [2.24, 2.45) is 0 Å². The van der Waals surface area contributed by atoms with Crippen LogP contribution in [-0.2, 0) is 6.54 Å². The molecule has 1 atom stereocenters. The molecule has 2 aromatic rings. The zero-order chi connectivity index (χ0) is 14.5. The molecular weight excluding hydrogens is 248 g/mol. The maximum absolute atomic E-state index is 11.2. The van der Waals surface area contributed by atoms with E-state index in [1.807, 2.05) is 17.0 Å². The van der Waals surface area contributed by atoms with E-state index in [-0.39, 0.29) is 11.5 Å². The van der Waals surface area contributed by atoms with Crippen LogP contribution in [0.3, 0.4) is 0 Å². The predicted octanol–water partition coefficient (Wildman–Crippen LogP) is 2.82. The van der Waals surface area contributed by atoms with Gasteiger partial charge in [0.1, 0.15) is 0 Å². The highest BCUT2D eigenvalue weighted by molar-refractivity contribution is 5.30. The van der Waals surface area contributed by atoms with Gasteiger partial charge in [-0.1, -0.05) is 36.2 Å². The minimum Gasteiger partial charge on any atom is -0.352 e. The van der Waals surface area contributed by atoms with Crippen molar-refractivity contribution in [3.05, 3.63) is 69.6 Å². The fourth-order valence-electron chi connectivity index (χ4n) is 2.52. The molecule has 1 N–H and O–H groups in total. The van der Waals surface area contributed by atoms with Gasteiger partial charge in [-0.25, -0.2) is 0 Å². The van der Waals surface area contributed by atoms with E-state index >= 15 is 0 Å². The first-order valence-electron chi connectivity index (χ1n) is 7.06. The van der Waals surface area contributed by atoms with E-state index in [0.29, 0.717) is 0 Å². The topological polar surface area (TPSA) is 34.0 Å². The number of benzene rings is 1. The van der Waals surface area contributed by atoms with Crippen LogP contribution in [0, 0.1) is 13.8 Å². The Kier molecular flexibility index (Phi) is 4.74. The van der Waals surface area contributed by atoms with Crippen molar-refractivity contribution >= 4 is 0 Å². The summed E-state index contributed by atoms with van der Waals surface area (Å²) in [5.41, 5.74) is 3.90. The van der Waals surface area contributed by atoms with Gasteiger partial charge in [-0.15, -0.1) is 0 Å². The molecule has 3 heteroatoms. The summed E-state index contributed by atoms with van der Waals surface area (Å²) in [6.45, 7) is 8.09. The second kappa shape index (κ2) is 6.53. The molecule has 0 amide bonds. The fraction of sp³-hybridized carbons (Fsp3) is 0.353. The lowest BCUT2D eigenvalue weighted by Crippen LogP contribution is -2.25. The van der Waals surface area contributed by atoms with Gasteiger partial charge in [-0.2, -0.15) is 0 Å². The molecule has 0 saturated carbocycles. The van der Waals surface area contributed by atoms with Crippen LogP contribution in [0.1, 0.15) is 29.7 Å². The zero-order valence-electron chi connectivity index (χ0n) is 12.4. The molecule has 1 unspecified atom stereocenters. The molecule has 20 heavy (non-hydrogen) atoms. The second-order valence-electron chi connectivity index (χ2n) is 5.26. The molecule has 0 saturated heterocycles. The van der Waals surface area contributed by atoms with Crippen molar-refractivity contribution < 1.29 is 0 Å². The average molecular weight is 270 g/mol. The molecule has 3 nitrogen and oxygen atoms in total. The lowest BCUT2D eigenvalue weighted by molar-refractivity contribution is 0.473. The Bertz CT molecular complexity index is 590. The van der Waals surface area contributed by atoms with Crippen molar-refractivity contribution in [2.45, 2.75) is 33.4 Å². The van der Waals surface area contributed by atoms with Gasteiger partial charge in [0.25, 0.3) is 0 Å². The van der Waals surface area contributed by atoms with Gasteiger partial charge in [0.15, 0.2) is 5.43 Å². The SMILES string of the molecule is CCNC(Cn1ccc(=O)cc1)c1cc(C)cc(C)c1. The number of aromatic nitrogens is 1. The van der Waals surface area contributed by atoms with Crippen LogP contribution in [0.25, 0.3) is 0 Å². The summed E-state index contributed by atoms with van der Waals surface area (Å²) in [5.74, 6) is 0. The van der Waals surface area contributed by atoms with Crippen LogP contribution in [0.15, 0.2) is 47.5 Å². The highest BCUT2D eigenvalue weighted by Gasteiger charge is 2.11. The first-order chi connectivity index (χ1) is 9.58. The van der Waals surface area contributed by atoms with Crippen molar-refractivity contribution in [2.75, 3.05) is 6.54 Å². The predicted molar refractivity (Wildman–Crippen MR) is 83.0 cm³/mol. The van der Waals surface area contributed by atoms with Crippen molar-refractivity contribution in [1.29, 1.82) is 0 Å². The van der Waals surface area contributed by atoms with Crippen LogP contribution in [0.4, 0.5) is 0 Å². The highest BCUT2D eigenvalue weighted by atomic mass is 16.1. The number of hydrogen-bond donors (Lipinski definition) is 1. The van der Waals surface area contributed by atoms with Crippen molar-refractivity contribution in [3.8, 4) is 0 Å². The number of nitrogens with one attached hydrogen (secondary N) is 1. The first-order valence-corrected chi connectivity index (χ1v) is 7.06. The maximum atomic E-state index is 11.2. The Hall–Kier alpha value is -1.87. The third-order valence-corrected chi connectivity index (χ3v) is 3.35. The van der Waals surface area contributed by atoms with E-state index in [1.54, 1.807) is 12.1 Å². The zero-order valence-corrected chi connectivity index (χ0v) is 12.4. The van der Waals surface area contributed by atoms with Gasteiger partial charge in [0.2, 0.25) is 0 Å². The number of aryl methyl sites for hydroxylation is 2. The molecule has 2 rings (SSSR count). The summed E-state index contributed by atoms with van der Waals surface area (Å²) in [4.78, 5) is 11.2. The molecule has 1 heterocycles.